The molecule has 20 heavy (non-hydrogen) atoms. The Labute approximate surface area is 121 Å². The van der Waals surface area contributed by atoms with Crippen LogP contribution in [-0.2, 0) is 23.2 Å². The summed E-state index contributed by atoms with van der Waals surface area (Å²) in [7, 11) is -3.52. The number of thiophene rings is 1. The van der Waals surface area contributed by atoms with Crippen LogP contribution in [0.4, 0.5) is 0 Å². The monoisotopic (exact) mass is 316 g/mol. The summed E-state index contributed by atoms with van der Waals surface area (Å²) >= 11 is 1.29. The number of nitrogens with one attached hydrogen (secondary N) is 1. The van der Waals surface area contributed by atoms with Crippen LogP contribution in [0.1, 0.15) is 16.2 Å². The standard InChI is InChI=1S/C11H16N4O3S2/c1-9-11(7-10(8-16)19-9)20(17,18)13-3-2-5-15-6-4-12-14-15/h4,6-7,13,16H,2-3,5,8H2,1H3. The molecule has 0 amide bonds. The van der Waals surface area contributed by atoms with E-state index in [1.807, 2.05) is 0 Å². The van der Waals surface area contributed by atoms with Crippen molar-refractivity contribution in [2.75, 3.05) is 6.54 Å². The maximum atomic E-state index is 12.1. The summed E-state index contributed by atoms with van der Waals surface area (Å²) in [5.74, 6) is 0. The molecule has 0 atom stereocenters. The number of rotatable bonds is 7. The summed E-state index contributed by atoms with van der Waals surface area (Å²) in [5, 5.41) is 16.5. The molecule has 0 saturated carbocycles. The molecule has 0 aliphatic carbocycles. The normalized spacial score (nSPS) is 11.9. The van der Waals surface area contributed by atoms with Crippen molar-refractivity contribution in [2.24, 2.45) is 0 Å². The Kier molecular flexibility index (Phi) is 4.86. The van der Waals surface area contributed by atoms with E-state index < -0.39 is 10.0 Å². The lowest BCUT2D eigenvalue weighted by Gasteiger charge is -2.06. The van der Waals surface area contributed by atoms with Crippen LogP contribution in [0.25, 0.3) is 0 Å². The van der Waals surface area contributed by atoms with Crippen LogP contribution in [0.2, 0.25) is 0 Å². The van der Waals surface area contributed by atoms with Crippen LogP contribution in [0.15, 0.2) is 23.4 Å². The molecule has 2 aromatic rings. The second-order valence-corrected chi connectivity index (χ2v) is 7.28. The van der Waals surface area contributed by atoms with Crippen molar-refractivity contribution in [3.63, 3.8) is 0 Å². The van der Waals surface area contributed by atoms with Crippen molar-refractivity contribution in [3.8, 4) is 0 Å². The van der Waals surface area contributed by atoms with E-state index in [0.717, 1.165) is 0 Å². The molecule has 0 fully saturated rings. The fourth-order valence-corrected chi connectivity index (χ4v) is 4.31. The quantitative estimate of drug-likeness (QED) is 0.725. The Balaban J connectivity index is 1.91. The summed E-state index contributed by atoms with van der Waals surface area (Å²) in [6.45, 7) is 2.51. The van der Waals surface area contributed by atoms with Gasteiger partial charge < -0.3 is 5.11 Å². The van der Waals surface area contributed by atoms with Crippen molar-refractivity contribution in [3.05, 3.63) is 28.2 Å². The SMILES string of the molecule is Cc1sc(CO)cc1S(=O)(=O)NCCCn1ccnn1. The van der Waals surface area contributed by atoms with Crippen LogP contribution >= 0.6 is 11.3 Å². The van der Waals surface area contributed by atoms with E-state index in [9.17, 15) is 8.42 Å². The van der Waals surface area contributed by atoms with Crippen molar-refractivity contribution in [1.29, 1.82) is 0 Å². The van der Waals surface area contributed by atoms with E-state index in [1.165, 1.54) is 17.4 Å². The average Bonchev–Trinajstić information content (AvgIpc) is 3.04. The minimum absolute atomic E-state index is 0.146. The second-order valence-electron chi connectivity index (χ2n) is 4.21. The second kappa shape index (κ2) is 6.44. The molecule has 0 unspecified atom stereocenters. The van der Waals surface area contributed by atoms with Gasteiger partial charge in [-0.15, -0.1) is 16.4 Å². The summed E-state index contributed by atoms with van der Waals surface area (Å²) in [6, 6.07) is 1.51. The first kappa shape index (κ1) is 15.1. The number of sulfonamides is 1. The Morgan fingerprint density at radius 3 is 2.90 bits per heavy atom. The first-order valence-corrected chi connectivity index (χ1v) is 8.37. The summed E-state index contributed by atoms with van der Waals surface area (Å²) in [5.41, 5.74) is 0. The van der Waals surface area contributed by atoms with E-state index in [2.05, 4.69) is 15.0 Å². The predicted octanol–water partition coefficient (Wildman–Crippen LogP) is 0.509. The molecule has 0 aromatic carbocycles. The number of aliphatic hydroxyl groups is 1. The van der Waals surface area contributed by atoms with Gasteiger partial charge in [0.1, 0.15) is 0 Å². The van der Waals surface area contributed by atoms with Crippen LogP contribution in [0, 0.1) is 6.92 Å². The molecule has 2 rings (SSSR count). The molecule has 0 bridgehead atoms. The van der Waals surface area contributed by atoms with E-state index in [-0.39, 0.29) is 11.5 Å². The van der Waals surface area contributed by atoms with Crippen LogP contribution in [0.5, 0.6) is 0 Å². The van der Waals surface area contributed by atoms with Crippen LogP contribution in [0.3, 0.4) is 0 Å². The van der Waals surface area contributed by atoms with Gasteiger partial charge in [0.2, 0.25) is 10.0 Å². The fourth-order valence-electron chi connectivity index (χ4n) is 1.75. The van der Waals surface area contributed by atoms with E-state index in [1.54, 1.807) is 24.0 Å². The van der Waals surface area contributed by atoms with Gasteiger partial charge in [-0.25, -0.2) is 13.1 Å². The third-order valence-corrected chi connectivity index (χ3v) is 5.45. The molecule has 110 valence electrons. The highest BCUT2D eigenvalue weighted by Crippen LogP contribution is 2.25. The van der Waals surface area contributed by atoms with Crippen molar-refractivity contribution < 1.29 is 13.5 Å². The van der Waals surface area contributed by atoms with Crippen molar-refractivity contribution in [2.45, 2.75) is 31.4 Å². The predicted molar refractivity (Wildman–Crippen MR) is 74.8 cm³/mol. The maximum Gasteiger partial charge on any atom is 0.241 e. The molecule has 0 saturated heterocycles. The van der Waals surface area contributed by atoms with Gasteiger partial charge in [0, 0.05) is 29.0 Å². The first-order chi connectivity index (χ1) is 9.53. The number of aliphatic hydroxyl groups excluding tert-OH is 1. The number of aromatic nitrogens is 3. The zero-order valence-electron chi connectivity index (χ0n) is 11.0. The minimum atomic E-state index is -3.52. The molecule has 0 aliphatic rings. The number of hydrogen-bond donors (Lipinski definition) is 2. The molecule has 7 nitrogen and oxygen atoms in total. The van der Waals surface area contributed by atoms with Crippen molar-refractivity contribution >= 4 is 21.4 Å². The Bertz CT molecular complexity index is 649. The fraction of sp³-hybridized carbons (Fsp3) is 0.455. The van der Waals surface area contributed by atoms with Crippen LogP contribution in [-0.4, -0.2) is 35.1 Å². The lowest BCUT2D eigenvalue weighted by molar-refractivity contribution is 0.285. The first-order valence-electron chi connectivity index (χ1n) is 6.07. The van der Waals surface area contributed by atoms with Gasteiger partial charge in [0.15, 0.2) is 0 Å². The highest BCUT2D eigenvalue weighted by atomic mass is 32.2. The highest BCUT2D eigenvalue weighted by molar-refractivity contribution is 7.89. The zero-order chi connectivity index (χ0) is 14.6. The Morgan fingerprint density at radius 1 is 1.50 bits per heavy atom. The van der Waals surface area contributed by atoms with Gasteiger partial charge in [-0.3, -0.25) is 4.68 Å². The van der Waals surface area contributed by atoms with Gasteiger partial charge in [0.05, 0.1) is 17.7 Å². The van der Waals surface area contributed by atoms with Gasteiger partial charge in [0.25, 0.3) is 0 Å². The molecular formula is C11H16N4O3S2. The number of nitrogens with zero attached hydrogens (tertiary/aromatic N) is 3. The summed E-state index contributed by atoms with van der Waals surface area (Å²) in [4.78, 5) is 1.57. The molecule has 2 aromatic heterocycles. The Hall–Kier alpha value is -1.29. The Morgan fingerprint density at radius 2 is 2.30 bits per heavy atom. The largest absolute Gasteiger partial charge is 0.391 e. The summed E-state index contributed by atoms with van der Waals surface area (Å²) < 4.78 is 28.4. The molecule has 0 spiro atoms. The molecule has 2 heterocycles. The number of hydrogen-bond acceptors (Lipinski definition) is 6. The molecule has 0 aliphatic heterocycles. The molecule has 0 radical (unpaired) electrons. The maximum absolute atomic E-state index is 12.1. The lowest BCUT2D eigenvalue weighted by atomic mass is 10.4. The summed E-state index contributed by atoms with van der Waals surface area (Å²) in [6.07, 6.45) is 3.93. The van der Waals surface area contributed by atoms with Crippen molar-refractivity contribution in [1.82, 2.24) is 19.7 Å². The molecular weight excluding hydrogens is 300 g/mol. The zero-order valence-corrected chi connectivity index (χ0v) is 12.6. The molecule has 9 heteroatoms. The highest BCUT2D eigenvalue weighted by Gasteiger charge is 2.19. The third kappa shape index (κ3) is 3.63. The van der Waals surface area contributed by atoms with Gasteiger partial charge in [-0.1, -0.05) is 5.21 Å². The van der Waals surface area contributed by atoms with Gasteiger partial charge >= 0.3 is 0 Å². The van der Waals surface area contributed by atoms with E-state index in [0.29, 0.717) is 29.3 Å². The van der Waals surface area contributed by atoms with Gasteiger partial charge in [-0.2, -0.15) is 0 Å². The van der Waals surface area contributed by atoms with Gasteiger partial charge in [-0.05, 0) is 19.4 Å². The topological polar surface area (TPSA) is 97.1 Å². The smallest absolute Gasteiger partial charge is 0.241 e. The average molecular weight is 316 g/mol. The lowest BCUT2D eigenvalue weighted by Crippen LogP contribution is -2.25. The van der Waals surface area contributed by atoms with E-state index in [4.69, 9.17) is 5.11 Å². The minimum Gasteiger partial charge on any atom is -0.391 e. The van der Waals surface area contributed by atoms with E-state index >= 15 is 0 Å². The third-order valence-electron chi connectivity index (χ3n) is 2.70. The molecule has 2 N–H and O–H groups in total. The van der Waals surface area contributed by atoms with Crippen LogP contribution < -0.4 is 4.72 Å². The number of aryl methyl sites for hydroxylation is 2.